The van der Waals surface area contributed by atoms with Crippen LogP contribution < -0.4 is 14.8 Å². The molecule has 2 heterocycles. The molecular weight excluding hydrogens is 418 g/mol. The van der Waals surface area contributed by atoms with Crippen LogP contribution in [0, 0.1) is 0 Å². The van der Waals surface area contributed by atoms with Crippen LogP contribution in [0.5, 0.6) is 11.5 Å². The molecule has 33 heavy (non-hydrogen) atoms. The highest BCUT2D eigenvalue weighted by molar-refractivity contribution is 5.89. The fourth-order valence-electron chi connectivity index (χ4n) is 3.76. The van der Waals surface area contributed by atoms with E-state index in [9.17, 15) is 4.79 Å². The number of hydrogen-bond acceptors (Lipinski definition) is 6. The van der Waals surface area contributed by atoms with Crippen molar-refractivity contribution < 1.29 is 19.0 Å². The number of hydrogen-bond donors (Lipinski definition) is 1. The minimum Gasteiger partial charge on any atom is -0.465 e. The van der Waals surface area contributed by atoms with E-state index in [4.69, 9.17) is 19.3 Å². The fraction of sp³-hybridized carbons (Fsp3) is 0.154. The lowest BCUT2D eigenvalue weighted by molar-refractivity contribution is 0.0600. The van der Waals surface area contributed by atoms with Crippen molar-refractivity contribution in [1.82, 2.24) is 15.1 Å². The normalized spacial score (nSPS) is 12.0. The molecule has 0 unspecified atom stereocenters. The zero-order valence-electron chi connectivity index (χ0n) is 18.2. The number of para-hydroxylation sites is 1. The maximum Gasteiger partial charge on any atom is 0.337 e. The van der Waals surface area contributed by atoms with Crippen LogP contribution in [-0.4, -0.2) is 29.7 Å². The third-order valence-corrected chi connectivity index (χ3v) is 5.48. The van der Waals surface area contributed by atoms with Gasteiger partial charge in [0.1, 0.15) is 0 Å². The zero-order valence-corrected chi connectivity index (χ0v) is 18.2. The van der Waals surface area contributed by atoms with Gasteiger partial charge in [-0.15, -0.1) is 0 Å². The Balaban J connectivity index is 1.37. The van der Waals surface area contributed by atoms with Gasteiger partial charge in [-0.3, -0.25) is 0 Å². The van der Waals surface area contributed by atoms with Gasteiger partial charge in [0.25, 0.3) is 0 Å². The number of fused-ring (bicyclic) bond motifs is 1. The summed E-state index contributed by atoms with van der Waals surface area (Å²) in [4.78, 5) is 11.6. The van der Waals surface area contributed by atoms with E-state index in [2.05, 4.69) is 5.32 Å². The molecule has 166 valence electrons. The highest BCUT2D eigenvalue weighted by atomic mass is 16.7. The molecule has 0 fully saturated rings. The molecule has 4 aromatic rings. The van der Waals surface area contributed by atoms with Crippen molar-refractivity contribution in [3.05, 3.63) is 95.7 Å². The monoisotopic (exact) mass is 441 g/mol. The summed E-state index contributed by atoms with van der Waals surface area (Å²) in [6.07, 6.45) is 2.04. The average Bonchev–Trinajstić information content (AvgIpc) is 3.51. The van der Waals surface area contributed by atoms with Gasteiger partial charge < -0.3 is 19.5 Å². The van der Waals surface area contributed by atoms with Crippen molar-refractivity contribution >= 4 is 5.97 Å². The molecule has 5 rings (SSSR count). The Kier molecular flexibility index (Phi) is 5.78. The number of methoxy groups -OCH3 is 1. The smallest absolute Gasteiger partial charge is 0.337 e. The summed E-state index contributed by atoms with van der Waals surface area (Å²) < 4.78 is 17.7. The highest BCUT2D eigenvalue weighted by Crippen LogP contribution is 2.36. The van der Waals surface area contributed by atoms with Crippen LogP contribution in [-0.2, 0) is 17.8 Å². The highest BCUT2D eigenvalue weighted by Gasteiger charge is 2.18. The van der Waals surface area contributed by atoms with E-state index in [1.54, 1.807) is 12.1 Å². The van der Waals surface area contributed by atoms with E-state index in [0.717, 1.165) is 39.6 Å². The van der Waals surface area contributed by atoms with Gasteiger partial charge in [0.05, 0.1) is 24.1 Å². The molecule has 3 aromatic carbocycles. The van der Waals surface area contributed by atoms with E-state index in [-0.39, 0.29) is 12.8 Å². The second-order valence-electron chi connectivity index (χ2n) is 7.64. The Morgan fingerprint density at radius 2 is 1.79 bits per heavy atom. The SMILES string of the molecule is COC(=O)c1ccc(CNCc2cn(-c3ccccc3)nc2-c2ccc3c(c2)OCO3)cc1. The van der Waals surface area contributed by atoms with Crippen molar-refractivity contribution in [3.63, 3.8) is 0 Å². The Hall–Kier alpha value is -4.10. The fourth-order valence-corrected chi connectivity index (χ4v) is 3.76. The predicted octanol–water partition coefficient (Wildman–Crippen LogP) is 4.34. The molecule has 0 aliphatic carbocycles. The van der Waals surface area contributed by atoms with Gasteiger partial charge in [0.15, 0.2) is 11.5 Å². The largest absolute Gasteiger partial charge is 0.465 e. The minimum atomic E-state index is -0.337. The molecule has 1 aliphatic rings. The van der Waals surface area contributed by atoms with Gasteiger partial charge in [-0.1, -0.05) is 30.3 Å². The van der Waals surface area contributed by atoms with Crippen LogP contribution in [0.2, 0.25) is 0 Å². The molecule has 1 aliphatic heterocycles. The van der Waals surface area contributed by atoms with E-state index < -0.39 is 0 Å². The van der Waals surface area contributed by atoms with Crippen LogP contribution >= 0.6 is 0 Å². The molecule has 7 nitrogen and oxygen atoms in total. The number of carbonyl (C=O) groups excluding carboxylic acids is 1. The number of rotatable bonds is 7. The molecular formula is C26H23N3O4. The lowest BCUT2D eigenvalue weighted by Gasteiger charge is -2.07. The van der Waals surface area contributed by atoms with Gasteiger partial charge in [0, 0.05) is 30.4 Å². The maximum atomic E-state index is 11.6. The minimum absolute atomic E-state index is 0.237. The van der Waals surface area contributed by atoms with Crippen molar-refractivity contribution in [2.24, 2.45) is 0 Å². The molecule has 0 amide bonds. The topological polar surface area (TPSA) is 74.6 Å². The summed E-state index contributed by atoms with van der Waals surface area (Å²) in [5, 5.41) is 8.35. The second kappa shape index (κ2) is 9.18. The molecule has 0 saturated carbocycles. The number of nitrogens with zero attached hydrogens (tertiary/aromatic N) is 2. The first kappa shape index (κ1) is 20.8. The Morgan fingerprint density at radius 3 is 2.58 bits per heavy atom. The zero-order chi connectivity index (χ0) is 22.6. The quantitative estimate of drug-likeness (QED) is 0.430. The summed E-state index contributed by atoms with van der Waals surface area (Å²) in [6.45, 7) is 1.51. The van der Waals surface area contributed by atoms with Crippen molar-refractivity contribution in [2.45, 2.75) is 13.1 Å². The third-order valence-electron chi connectivity index (χ3n) is 5.48. The Labute approximate surface area is 191 Å². The molecule has 0 radical (unpaired) electrons. The van der Waals surface area contributed by atoms with Gasteiger partial charge in [-0.05, 0) is 48.0 Å². The maximum absolute atomic E-state index is 11.6. The predicted molar refractivity (Wildman–Crippen MR) is 123 cm³/mol. The summed E-state index contributed by atoms with van der Waals surface area (Å²) in [6, 6.07) is 23.3. The van der Waals surface area contributed by atoms with E-state index in [1.807, 2.05) is 71.5 Å². The summed E-state index contributed by atoms with van der Waals surface area (Å²) >= 11 is 0. The first-order valence-corrected chi connectivity index (χ1v) is 10.6. The van der Waals surface area contributed by atoms with E-state index in [0.29, 0.717) is 18.7 Å². The van der Waals surface area contributed by atoms with Gasteiger partial charge in [-0.25, -0.2) is 9.48 Å². The summed E-state index contributed by atoms with van der Waals surface area (Å²) in [5.41, 5.74) is 5.50. The molecule has 0 bridgehead atoms. The molecule has 1 aromatic heterocycles. The van der Waals surface area contributed by atoms with Gasteiger partial charge >= 0.3 is 5.97 Å². The molecule has 7 heteroatoms. The lowest BCUT2D eigenvalue weighted by atomic mass is 10.1. The van der Waals surface area contributed by atoms with Crippen LogP contribution in [0.15, 0.2) is 79.0 Å². The molecule has 0 spiro atoms. The number of nitrogens with one attached hydrogen (secondary N) is 1. The number of esters is 1. The van der Waals surface area contributed by atoms with Gasteiger partial charge in [-0.2, -0.15) is 5.10 Å². The first-order valence-electron chi connectivity index (χ1n) is 10.6. The number of aromatic nitrogens is 2. The Morgan fingerprint density at radius 1 is 1.00 bits per heavy atom. The second-order valence-corrected chi connectivity index (χ2v) is 7.64. The van der Waals surface area contributed by atoms with Crippen molar-refractivity contribution in [2.75, 3.05) is 13.9 Å². The van der Waals surface area contributed by atoms with Crippen LogP contribution in [0.25, 0.3) is 16.9 Å². The molecule has 0 atom stereocenters. The third kappa shape index (κ3) is 4.44. The lowest BCUT2D eigenvalue weighted by Crippen LogP contribution is -2.13. The summed E-state index contributed by atoms with van der Waals surface area (Å²) in [5.74, 6) is 1.14. The number of benzene rings is 3. The summed E-state index contributed by atoms with van der Waals surface area (Å²) in [7, 11) is 1.38. The molecule has 1 N–H and O–H groups in total. The average molecular weight is 441 g/mol. The van der Waals surface area contributed by atoms with Crippen LogP contribution in [0.3, 0.4) is 0 Å². The Bertz CT molecular complexity index is 1270. The van der Waals surface area contributed by atoms with Crippen molar-refractivity contribution in [1.29, 1.82) is 0 Å². The van der Waals surface area contributed by atoms with Crippen LogP contribution in [0.4, 0.5) is 0 Å². The molecule has 0 saturated heterocycles. The first-order chi connectivity index (χ1) is 16.2. The van der Waals surface area contributed by atoms with Crippen molar-refractivity contribution in [3.8, 4) is 28.4 Å². The number of carbonyl (C=O) groups is 1. The van der Waals surface area contributed by atoms with Gasteiger partial charge in [0.2, 0.25) is 6.79 Å². The number of ether oxygens (including phenoxy) is 3. The standard InChI is InChI=1S/C26H23N3O4/c1-31-26(30)19-9-7-18(8-10-19)14-27-15-21-16-29(22-5-3-2-4-6-22)28-25(21)20-11-12-23-24(13-20)33-17-32-23/h2-13,16,27H,14-15,17H2,1H3. The van der Waals surface area contributed by atoms with E-state index >= 15 is 0 Å². The van der Waals surface area contributed by atoms with Crippen LogP contribution in [0.1, 0.15) is 21.5 Å². The van der Waals surface area contributed by atoms with E-state index in [1.165, 1.54) is 7.11 Å².